The number of hydrogen-bond acceptors (Lipinski definition) is 2. The van der Waals surface area contributed by atoms with E-state index in [2.05, 4.69) is 0 Å². The van der Waals surface area contributed by atoms with Gasteiger partial charge in [-0.15, -0.1) is 0 Å². The molecule has 5 heteroatoms. The van der Waals surface area contributed by atoms with E-state index < -0.39 is 11.8 Å². The lowest BCUT2D eigenvalue weighted by Gasteiger charge is -2.16. The largest absolute Gasteiger partial charge is 0.430 e. The van der Waals surface area contributed by atoms with Crippen LogP contribution < -0.4 is 0 Å². The molecule has 0 spiro atoms. The van der Waals surface area contributed by atoms with Crippen LogP contribution in [0.15, 0.2) is 0 Å². The molecule has 0 aliphatic heterocycles. The fourth-order valence-electron chi connectivity index (χ4n) is 0.0634. The summed E-state index contributed by atoms with van der Waals surface area (Å²) in [5.41, 5.74) is -3.22. The molecule has 0 radical (unpaired) electrons. The van der Waals surface area contributed by atoms with Crippen molar-refractivity contribution in [1.29, 1.82) is 5.26 Å². The lowest BCUT2D eigenvalue weighted by Crippen LogP contribution is -2.40. The van der Waals surface area contributed by atoms with Crippen LogP contribution in [0.25, 0.3) is 0 Å². The van der Waals surface area contributed by atoms with Gasteiger partial charge in [-0.05, 0) is 6.92 Å². The van der Waals surface area contributed by atoms with Gasteiger partial charge in [-0.3, -0.25) is 0 Å². The zero-order valence-corrected chi connectivity index (χ0v) is 4.53. The van der Waals surface area contributed by atoms with E-state index >= 15 is 0 Å². The number of aliphatic hydroxyl groups is 1. The van der Waals surface area contributed by atoms with Crippen molar-refractivity contribution in [2.45, 2.75) is 18.7 Å². The minimum absolute atomic E-state index is 0.396. The van der Waals surface area contributed by atoms with Crippen molar-refractivity contribution in [2.75, 3.05) is 0 Å². The summed E-state index contributed by atoms with van der Waals surface area (Å²) in [6, 6.07) is 0.712. The van der Waals surface area contributed by atoms with E-state index in [-0.39, 0.29) is 0 Å². The fourth-order valence-corrected chi connectivity index (χ4v) is 0.0634. The highest BCUT2D eigenvalue weighted by atomic mass is 19.4. The van der Waals surface area contributed by atoms with Crippen molar-refractivity contribution in [3.8, 4) is 6.07 Å². The molecule has 2 nitrogen and oxygen atoms in total. The molecule has 0 saturated heterocycles. The highest BCUT2D eigenvalue weighted by Gasteiger charge is 2.50. The van der Waals surface area contributed by atoms with E-state index in [0.717, 1.165) is 0 Å². The molecule has 0 saturated carbocycles. The van der Waals surface area contributed by atoms with Gasteiger partial charge in [0.15, 0.2) is 0 Å². The molecule has 0 rings (SSSR count). The standard InChI is InChI=1S/C4H4F3NO/c1-3(9,2-8)4(5,6)7/h9H,1H3. The number of nitrogens with zero attached hydrogens (tertiary/aromatic N) is 1. The molecule has 0 aromatic carbocycles. The predicted molar refractivity (Wildman–Crippen MR) is 22.3 cm³/mol. The third kappa shape index (κ3) is 1.57. The van der Waals surface area contributed by atoms with Gasteiger partial charge < -0.3 is 5.11 Å². The lowest BCUT2D eigenvalue weighted by molar-refractivity contribution is -0.229. The Bertz CT molecular complexity index is 143. The molecule has 0 bridgehead atoms. The zero-order valence-electron chi connectivity index (χ0n) is 4.53. The average Bonchev–Trinajstić information content (AvgIpc) is 1.64. The molecular formula is C4H4F3NO. The number of halogens is 3. The van der Waals surface area contributed by atoms with Gasteiger partial charge in [0.25, 0.3) is 0 Å². The van der Waals surface area contributed by atoms with Crippen LogP contribution in [0.5, 0.6) is 0 Å². The van der Waals surface area contributed by atoms with Crippen LogP contribution in [0.3, 0.4) is 0 Å². The van der Waals surface area contributed by atoms with Crippen molar-refractivity contribution in [3.05, 3.63) is 0 Å². The van der Waals surface area contributed by atoms with Crippen molar-refractivity contribution in [1.82, 2.24) is 0 Å². The van der Waals surface area contributed by atoms with Crippen molar-refractivity contribution in [2.24, 2.45) is 0 Å². The number of rotatable bonds is 0. The van der Waals surface area contributed by atoms with E-state index in [4.69, 9.17) is 10.4 Å². The van der Waals surface area contributed by atoms with Crippen LogP contribution in [0.4, 0.5) is 13.2 Å². The summed E-state index contributed by atoms with van der Waals surface area (Å²) in [5.74, 6) is 0. The Kier molecular flexibility index (Phi) is 1.72. The molecule has 1 atom stereocenters. The Morgan fingerprint density at radius 3 is 1.78 bits per heavy atom. The first kappa shape index (κ1) is 8.24. The summed E-state index contributed by atoms with van der Waals surface area (Å²) >= 11 is 0. The Hall–Kier alpha value is -0.760. The zero-order chi connectivity index (χ0) is 7.71. The monoisotopic (exact) mass is 139 g/mol. The second-order valence-corrected chi connectivity index (χ2v) is 1.68. The quantitative estimate of drug-likeness (QED) is 0.505. The van der Waals surface area contributed by atoms with E-state index in [1.807, 2.05) is 0 Å². The first-order valence-electron chi connectivity index (χ1n) is 2.01. The Morgan fingerprint density at radius 1 is 1.44 bits per heavy atom. The first-order valence-corrected chi connectivity index (χ1v) is 2.01. The normalized spacial score (nSPS) is 18.2. The molecule has 0 heterocycles. The summed E-state index contributed by atoms with van der Waals surface area (Å²) in [7, 11) is 0. The van der Waals surface area contributed by atoms with Gasteiger partial charge in [0.2, 0.25) is 5.60 Å². The maximum Gasteiger partial charge on any atom is 0.430 e. The third-order valence-corrected chi connectivity index (χ3v) is 0.770. The molecule has 1 unspecified atom stereocenters. The molecule has 0 aliphatic rings. The predicted octanol–water partition coefficient (Wildman–Crippen LogP) is 0.823. The molecule has 9 heavy (non-hydrogen) atoms. The van der Waals surface area contributed by atoms with Crippen molar-refractivity contribution >= 4 is 0 Å². The molecule has 1 N–H and O–H groups in total. The van der Waals surface area contributed by atoms with E-state index in [0.29, 0.717) is 13.0 Å². The lowest BCUT2D eigenvalue weighted by atomic mass is 10.1. The van der Waals surface area contributed by atoms with Gasteiger partial charge in [-0.25, -0.2) is 0 Å². The number of nitriles is 1. The third-order valence-electron chi connectivity index (χ3n) is 0.770. The van der Waals surface area contributed by atoms with Crippen LogP contribution in [0, 0.1) is 11.3 Å². The summed E-state index contributed by atoms with van der Waals surface area (Å²) in [6.45, 7) is 0.396. The van der Waals surface area contributed by atoms with Gasteiger partial charge >= 0.3 is 6.18 Å². The highest BCUT2D eigenvalue weighted by Crippen LogP contribution is 2.28. The minimum atomic E-state index is -4.86. The Morgan fingerprint density at radius 2 is 1.78 bits per heavy atom. The fraction of sp³-hybridized carbons (Fsp3) is 0.750. The van der Waals surface area contributed by atoms with E-state index in [1.54, 1.807) is 0 Å². The van der Waals surface area contributed by atoms with Crippen LogP contribution in [-0.4, -0.2) is 16.9 Å². The molecule has 52 valence electrons. The second-order valence-electron chi connectivity index (χ2n) is 1.68. The maximum atomic E-state index is 11.4. The Labute approximate surface area is 49.5 Å². The smallest absolute Gasteiger partial charge is 0.368 e. The average molecular weight is 139 g/mol. The molecular weight excluding hydrogens is 135 g/mol. The van der Waals surface area contributed by atoms with Crippen LogP contribution in [-0.2, 0) is 0 Å². The molecule has 0 aliphatic carbocycles. The van der Waals surface area contributed by atoms with Crippen LogP contribution in [0.2, 0.25) is 0 Å². The summed E-state index contributed by atoms with van der Waals surface area (Å²) < 4.78 is 34.1. The molecule has 0 amide bonds. The molecule has 0 aromatic rings. The van der Waals surface area contributed by atoms with E-state index in [9.17, 15) is 13.2 Å². The Balaban J connectivity index is 4.39. The summed E-state index contributed by atoms with van der Waals surface area (Å²) in [5, 5.41) is 15.9. The summed E-state index contributed by atoms with van der Waals surface area (Å²) in [4.78, 5) is 0. The second kappa shape index (κ2) is 1.88. The van der Waals surface area contributed by atoms with Gasteiger partial charge in [0, 0.05) is 0 Å². The molecule has 0 fully saturated rings. The van der Waals surface area contributed by atoms with Gasteiger partial charge in [0.05, 0.1) is 0 Å². The minimum Gasteiger partial charge on any atom is -0.368 e. The van der Waals surface area contributed by atoms with Crippen LogP contribution in [0.1, 0.15) is 6.92 Å². The van der Waals surface area contributed by atoms with Gasteiger partial charge in [0.1, 0.15) is 6.07 Å². The van der Waals surface area contributed by atoms with Gasteiger partial charge in [-0.1, -0.05) is 0 Å². The first-order chi connectivity index (χ1) is 3.81. The van der Waals surface area contributed by atoms with Crippen molar-refractivity contribution in [3.63, 3.8) is 0 Å². The summed E-state index contributed by atoms with van der Waals surface area (Å²) in [6.07, 6.45) is -4.86. The van der Waals surface area contributed by atoms with Gasteiger partial charge in [-0.2, -0.15) is 18.4 Å². The number of alkyl halides is 3. The topological polar surface area (TPSA) is 44.0 Å². The van der Waals surface area contributed by atoms with Crippen LogP contribution >= 0.6 is 0 Å². The maximum absolute atomic E-state index is 11.4. The van der Waals surface area contributed by atoms with E-state index in [1.165, 1.54) is 0 Å². The SMILES string of the molecule is CC(O)(C#N)C(F)(F)F. The number of hydrogen-bond donors (Lipinski definition) is 1. The molecule has 0 aromatic heterocycles. The highest BCUT2D eigenvalue weighted by molar-refractivity contribution is 5.01. The van der Waals surface area contributed by atoms with Crippen molar-refractivity contribution < 1.29 is 18.3 Å².